The summed E-state index contributed by atoms with van der Waals surface area (Å²) in [6, 6.07) is 2.37. The first kappa shape index (κ1) is 13.7. The van der Waals surface area contributed by atoms with Crippen molar-refractivity contribution in [3.63, 3.8) is 0 Å². The SMILES string of the molecule is CC(=O)Nc1cc(OC(F)(F)F)cc([N+](=O)[O-])c1. The van der Waals surface area contributed by atoms with Crippen molar-refractivity contribution < 1.29 is 27.6 Å². The number of nitro benzene ring substituents is 1. The van der Waals surface area contributed by atoms with Gasteiger partial charge in [-0.2, -0.15) is 0 Å². The molecule has 18 heavy (non-hydrogen) atoms. The number of nitrogens with zero attached hydrogens (tertiary/aromatic N) is 1. The second-order valence-corrected chi connectivity index (χ2v) is 3.20. The molecule has 0 saturated heterocycles. The van der Waals surface area contributed by atoms with Crippen LogP contribution in [0.4, 0.5) is 24.5 Å². The lowest BCUT2D eigenvalue weighted by atomic mass is 10.2. The van der Waals surface area contributed by atoms with Gasteiger partial charge >= 0.3 is 6.36 Å². The molecule has 0 saturated carbocycles. The predicted molar refractivity (Wildman–Crippen MR) is 54.1 cm³/mol. The molecule has 0 bridgehead atoms. The van der Waals surface area contributed by atoms with E-state index in [1.807, 2.05) is 0 Å². The highest BCUT2D eigenvalue weighted by atomic mass is 19.4. The molecule has 6 nitrogen and oxygen atoms in total. The van der Waals surface area contributed by atoms with Crippen molar-refractivity contribution in [1.82, 2.24) is 0 Å². The third-order valence-electron chi connectivity index (χ3n) is 1.66. The van der Waals surface area contributed by atoms with Crippen molar-refractivity contribution in [2.24, 2.45) is 0 Å². The van der Waals surface area contributed by atoms with E-state index in [1.54, 1.807) is 0 Å². The van der Waals surface area contributed by atoms with Crippen LogP contribution in [0.25, 0.3) is 0 Å². The number of amides is 1. The number of nitrogens with one attached hydrogen (secondary N) is 1. The predicted octanol–water partition coefficient (Wildman–Crippen LogP) is 2.45. The van der Waals surface area contributed by atoms with Crippen LogP contribution in [-0.2, 0) is 4.79 Å². The van der Waals surface area contributed by atoms with Crippen molar-refractivity contribution >= 4 is 17.3 Å². The highest BCUT2D eigenvalue weighted by molar-refractivity contribution is 5.89. The number of hydrogen-bond donors (Lipinski definition) is 1. The van der Waals surface area contributed by atoms with E-state index in [-0.39, 0.29) is 5.69 Å². The van der Waals surface area contributed by atoms with E-state index >= 15 is 0 Å². The van der Waals surface area contributed by atoms with Crippen molar-refractivity contribution in [2.45, 2.75) is 13.3 Å². The van der Waals surface area contributed by atoms with Crippen LogP contribution in [0.5, 0.6) is 5.75 Å². The van der Waals surface area contributed by atoms with Crippen LogP contribution in [0, 0.1) is 10.1 Å². The number of hydrogen-bond acceptors (Lipinski definition) is 4. The molecule has 0 fully saturated rings. The van der Waals surface area contributed by atoms with E-state index in [9.17, 15) is 28.1 Å². The topological polar surface area (TPSA) is 81.5 Å². The first-order chi connectivity index (χ1) is 8.17. The molecule has 1 aromatic carbocycles. The highest BCUT2D eigenvalue weighted by Crippen LogP contribution is 2.30. The van der Waals surface area contributed by atoms with E-state index in [0.717, 1.165) is 19.1 Å². The van der Waals surface area contributed by atoms with Gasteiger partial charge in [0, 0.05) is 19.1 Å². The Morgan fingerprint density at radius 3 is 2.44 bits per heavy atom. The number of rotatable bonds is 3. The third-order valence-corrected chi connectivity index (χ3v) is 1.66. The average molecular weight is 264 g/mol. The molecular formula is C9H7F3N2O4. The summed E-state index contributed by atoms with van der Waals surface area (Å²) in [5.74, 6) is -1.35. The summed E-state index contributed by atoms with van der Waals surface area (Å²) in [5.41, 5.74) is -0.781. The Morgan fingerprint density at radius 2 is 2.00 bits per heavy atom. The minimum Gasteiger partial charge on any atom is -0.405 e. The minimum atomic E-state index is -4.97. The molecule has 98 valence electrons. The number of non-ortho nitro benzene ring substituents is 1. The van der Waals surface area contributed by atoms with Crippen LogP contribution in [0.2, 0.25) is 0 Å². The van der Waals surface area contributed by atoms with Crippen LogP contribution < -0.4 is 10.1 Å². The summed E-state index contributed by atoms with van der Waals surface area (Å²) in [6.45, 7) is 1.11. The second kappa shape index (κ2) is 4.90. The lowest BCUT2D eigenvalue weighted by Gasteiger charge is -2.10. The molecule has 9 heteroatoms. The standard InChI is InChI=1S/C9H7F3N2O4/c1-5(15)13-6-2-7(14(16)17)4-8(3-6)18-9(10,11)12/h2-4H,1H3,(H,13,15). The minimum absolute atomic E-state index is 0.157. The molecule has 1 rings (SSSR count). The Morgan fingerprint density at radius 1 is 1.39 bits per heavy atom. The number of benzene rings is 1. The average Bonchev–Trinajstić information content (AvgIpc) is 2.12. The lowest BCUT2D eigenvalue weighted by Crippen LogP contribution is -2.17. The fourth-order valence-corrected chi connectivity index (χ4v) is 1.16. The smallest absolute Gasteiger partial charge is 0.405 e. The van der Waals surface area contributed by atoms with E-state index in [1.165, 1.54) is 0 Å². The molecule has 0 radical (unpaired) electrons. The monoisotopic (exact) mass is 264 g/mol. The molecule has 0 unspecified atom stereocenters. The number of ether oxygens (including phenoxy) is 1. The van der Waals surface area contributed by atoms with E-state index in [0.29, 0.717) is 6.07 Å². The maximum absolute atomic E-state index is 12.0. The number of anilines is 1. The van der Waals surface area contributed by atoms with Gasteiger partial charge in [0.25, 0.3) is 5.69 Å². The molecule has 1 aromatic rings. The molecule has 0 spiro atoms. The molecule has 1 amide bonds. The van der Waals surface area contributed by atoms with Gasteiger partial charge in [0.15, 0.2) is 0 Å². The van der Waals surface area contributed by atoms with Gasteiger partial charge in [-0.1, -0.05) is 0 Å². The number of alkyl halides is 3. The fraction of sp³-hybridized carbons (Fsp3) is 0.222. The van der Waals surface area contributed by atoms with Gasteiger partial charge < -0.3 is 10.1 Å². The van der Waals surface area contributed by atoms with Gasteiger partial charge in [-0.15, -0.1) is 13.2 Å². The number of carbonyl (C=O) groups is 1. The summed E-state index contributed by atoms with van der Waals surface area (Å²) in [7, 11) is 0. The van der Waals surface area contributed by atoms with Crippen LogP contribution in [-0.4, -0.2) is 17.2 Å². The second-order valence-electron chi connectivity index (χ2n) is 3.20. The normalized spacial score (nSPS) is 10.9. The maximum atomic E-state index is 12.0. The van der Waals surface area contributed by atoms with Gasteiger partial charge in [-0.3, -0.25) is 14.9 Å². The molecule has 0 aliphatic rings. The Labute approximate surface area is 98.5 Å². The zero-order valence-corrected chi connectivity index (χ0v) is 8.95. The Hall–Kier alpha value is -2.32. The first-order valence-electron chi connectivity index (χ1n) is 4.50. The van der Waals surface area contributed by atoms with E-state index < -0.39 is 28.6 Å². The highest BCUT2D eigenvalue weighted by Gasteiger charge is 2.32. The third kappa shape index (κ3) is 4.28. The van der Waals surface area contributed by atoms with E-state index in [4.69, 9.17) is 0 Å². The molecule has 0 aromatic heterocycles. The van der Waals surface area contributed by atoms with Crippen molar-refractivity contribution in [1.29, 1.82) is 0 Å². The Bertz CT molecular complexity index is 487. The zero-order valence-electron chi connectivity index (χ0n) is 8.95. The molecule has 0 aliphatic carbocycles. The van der Waals surface area contributed by atoms with Crippen LogP contribution in [0.15, 0.2) is 18.2 Å². The summed E-state index contributed by atoms with van der Waals surface area (Å²) >= 11 is 0. The van der Waals surface area contributed by atoms with Crippen LogP contribution in [0.1, 0.15) is 6.92 Å². The largest absolute Gasteiger partial charge is 0.573 e. The van der Waals surface area contributed by atoms with Gasteiger partial charge in [-0.25, -0.2) is 0 Å². The quantitative estimate of drug-likeness (QED) is 0.671. The Balaban J connectivity index is 3.13. The summed E-state index contributed by atoms with van der Waals surface area (Å²) < 4.78 is 39.5. The van der Waals surface area contributed by atoms with E-state index in [2.05, 4.69) is 10.1 Å². The Kier molecular flexibility index (Phi) is 3.74. The van der Waals surface area contributed by atoms with Crippen molar-refractivity contribution in [2.75, 3.05) is 5.32 Å². The molecule has 0 aliphatic heterocycles. The lowest BCUT2D eigenvalue weighted by molar-refractivity contribution is -0.385. The number of nitro groups is 1. The molecule has 0 atom stereocenters. The summed E-state index contributed by atoms with van der Waals surface area (Å²) in [4.78, 5) is 20.4. The fourth-order valence-electron chi connectivity index (χ4n) is 1.16. The molecule has 0 heterocycles. The van der Waals surface area contributed by atoms with Gasteiger partial charge in [-0.05, 0) is 0 Å². The molecular weight excluding hydrogens is 257 g/mol. The first-order valence-corrected chi connectivity index (χ1v) is 4.50. The van der Waals surface area contributed by atoms with Crippen molar-refractivity contribution in [3.05, 3.63) is 28.3 Å². The van der Waals surface area contributed by atoms with Crippen molar-refractivity contribution in [3.8, 4) is 5.75 Å². The molecule has 1 N–H and O–H groups in total. The number of halogens is 3. The maximum Gasteiger partial charge on any atom is 0.573 e. The van der Waals surface area contributed by atoms with Gasteiger partial charge in [0.1, 0.15) is 5.75 Å². The van der Waals surface area contributed by atoms with Gasteiger partial charge in [0.2, 0.25) is 5.91 Å². The number of carbonyl (C=O) groups excluding carboxylic acids is 1. The van der Waals surface area contributed by atoms with Gasteiger partial charge in [0.05, 0.1) is 16.7 Å². The summed E-state index contributed by atoms with van der Waals surface area (Å²) in [6.07, 6.45) is -4.97. The van der Waals surface area contributed by atoms with Crippen LogP contribution >= 0.6 is 0 Å². The van der Waals surface area contributed by atoms with Crippen LogP contribution in [0.3, 0.4) is 0 Å². The zero-order chi connectivity index (χ0) is 13.9. The summed E-state index contributed by atoms with van der Waals surface area (Å²) in [5, 5.41) is 12.6.